The highest BCUT2D eigenvalue weighted by Gasteiger charge is 2.39. The normalized spacial score (nSPS) is 21.5. The van der Waals surface area contributed by atoms with Crippen LogP contribution in [0.15, 0.2) is 54.9 Å². The number of piperidine rings is 1. The summed E-state index contributed by atoms with van der Waals surface area (Å²) in [4.78, 5) is 69.1. The minimum atomic E-state index is -0.603. The number of nitrogens with zero attached hydrogens (tertiary/aromatic N) is 6. The van der Waals surface area contributed by atoms with E-state index in [1.54, 1.807) is 4.90 Å². The molecule has 6 heterocycles. The summed E-state index contributed by atoms with van der Waals surface area (Å²) < 4.78 is 0. The number of imide groups is 1. The summed E-state index contributed by atoms with van der Waals surface area (Å²) in [5.41, 5.74) is 7.47. The second-order valence-corrected chi connectivity index (χ2v) is 15.4. The third-order valence-corrected chi connectivity index (χ3v) is 12.0. The number of carbonyl (C=O) groups is 4. The fourth-order valence-electron chi connectivity index (χ4n) is 8.53. The molecule has 0 bridgehead atoms. The molecule has 1 atom stereocenters. The van der Waals surface area contributed by atoms with Crippen LogP contribution in [-0.2, 0) is 20.9 Å². The lowest BCUT2D eigenvalue weighted by Crippen LogP contribution is -2.52. The lowest BCUT2D eigenvalue weighted by atomic mass is 10.0. The Labute approximate surface area is 313 Å². The van der Waals surface area contributed by atoms with Gasteiger partial charge in [0.15, 0.2) is 0 Å². The summed E-state index contributed by atoms with van der Waals surface area (Å²) in [6.07, 6.45) is 7.86. The van der Waals surface area contributed by atoms with Crippen LogP contribution >= 0.6 is 11.6 Å². The molecule has 3 saturated heterocycles. The number of amides is 4. The number of rotatable bonds is 9. The number of aromatic nitrogens is 2. The maximum Gasteiger partial charge on any atom is 0.255 e. The van der Waals surface area contributed by atoms with E-state index in [2.05, 4.69) is 42.1 Å². The van der Waals surface area contributed by atoms with E-state index in [1.807, 2.05) is 47.6 Å². The molecule has 13 heteroatoms. The van der Waals surface area contributed by atoms with Crippen LogP contribution in [0.1, 0.15) is 59.5 Å². The van der Waals surface area contributed by atoms with E-state index in [1.165, 1.54) is 18.4 Å². The number of pyridine rings is 1. The SMILES string of the molecule is O=C1CCC(N2Cc3cc(N4CCN(CCCN5CCN(c6cccc(-c7cnc8[nH]cc(C9CC9)c8c7Cl)c6)C(=O)C5)CC4)ccc3C2=O)C(=O)N1. The monoisotopic (exact) mass is 734 g/mol. The highest BCUT2D eigenvalue weighted by Crippen LogP contribution is 2.46. The molecule has 1 unspecified atom stereocenters. The minimum absolute atomic E-state index is 0.111. The quantitative estimate of drug-likeness (QED) is 0.243. The summed E-state index contributed by atoms with van der Waals surface area (Å²) in [5, 5.41) is 4.10. The number of benzene rings is 2. The molecular weight excluding hydrogens is 692 g/mol. The first kappa shape index (κ1) is 34.0. The van der Waals surface area contributed by atoms with Gasteiger partial charge in [-0.2, -0.15) is 0 Å². The Hall–Kier alpha value is -4.78. The average Bonchev–Trinajstić information content (AvgIpc) is 3.83. The summed E-state index contributed by atoms with van der Waals surface area (Å²) in [5.74, 6) is -0.141. The van der Waals surface area contributed by atoms with E-state index in [0.717, 1.165) is 91.3 Å². The number of halogens is 1. The molecule has 12 nitrogen and oxygen atoms in total. The second-order valence-electron chi connectivity index (χ2n) is 15.0. The zero-order valence-corrected chi connectivity index (χ0v) is 30.4. The van der Waals surface area contributed by atoms with Gasteiger partial charge in [0, 0.05) is 92.5 Å². The molecule has 0 radical (unpaired) electrons. The van der Waals surface area contributed by atoms with Gasteiger partial charge >= 0.3 is 0 Å². The van der Waals surface area contributed by atoms with Gasteiger partial charge in [0.1, 0.15) is 11.7 Å². The van der Waals surface area contributed by atoms with Crippen molar-refractivity contribution >= 4 is 57.6 Å². The maximum atomic E-state index is 13.4. The Bertz CT molecular complexity index is 2120. The first-order valence-electron chi connectivity index (χ1n) is 18.8. The van der Waals surface area contributed by atoms with E-state index in [-0.39, 0.29) is 30.0 Å². The maximum absolute atomic E-state index is 13.4. The number of nitrogens with one attached hydrogen (secondary N) is 2. The van der Waals surface area contributed by atoms with Gasteiger partial charge in [-0.05, 0) is 91.7 Å². The largest absolute Gasteiger partial charge is 0.369 e. The number of piperazine rings is 2. The molecule has 2 N–H and O–H groups in total. The van der Waals surface area contributed by atoms with Gasteiger partial charge in [-0.3, -0.25) is 34.3 Å². The van der Waals surface area contributed by atoms with E-state index in [0.29, 0.717) is 42.6 Å². The zero-order chi connectivity index (χ0) is 36.2. The Morgan fingerprint density at radius 2 is 1.64 bits per heavy atom. The predicted molar refractivity (Wildman–Crippen MR) is 203 cm³/mol. The molecule has 4 amide bonds. The molecule has 4 aromatic rings. The van der Waals surface area contributed by atoms with Crippen molar-refractivity contribution in [3.63, 3.8) is 0 Å². The number of hydrogen-bond acceptors (Lipinski definition) is 8. The van der Waals surface area contributed by atoms with Crippen molar-refractivity contribution in [1.82, 2.24) is 30.0 Å². The number of H-pyrrole nitrogens is 1. The number of carbonyl (C=O) groups excluding carboxylic acids is 4. The van der Waals surface area contributed by atoms with E-state index in [4.69, 9.17) is 11.6 Å². The van der Waals surface area contributed by atoms with Gasteiger partial charge in [0.25, 0.3) is 5.91 Å². The topological polar surface area (TPSA) is 125 Å². The molecule has 1 saturated carbocycles. The van der Waals surface area contributed by atoms with Gasteiger partial charge in [0.05, 0.1) is 11.6 Å². The van der Waals surface area contributed by atoms with Gasteiger partial charge < -0.3 is 19.7 Å². The smallest absolute Gasteiger partial charge is 0.255 e. The third-order valence-electron chi connectivity index (χ3n) is 11.6. The Morgan fingerprint density at radius 1 is 0.830 bits per heavy atom. The highest BCUT2D eigenvalue weighted by molar-refractivity contribution is 6.38. The minimum Gasteiger partial charge on any atom is -0.369 e. The fourth-order valence-corrected chi connectivity index (χ4v) is 8.89. The van der Waals surface area contributed by atoms with Crippen LogP contribution in [0.4, 0.5) is 11.4 Å². The van der Waals surface area contributed by atoms with Crippen molar-refractivity contribution in [2.45, 2.75) is 50.6 Å². The third kappa shape index (κ3) is 6.57. The Morgan fingerprint density at radius 3 is 2.43 bits per heavy atom. The number of anilines is 2. The summed E-state index contributed by atoms with van der Waals surface area (Å²) in [6.45, 7) is 7.79. The second kappa shape index (κ2) is 13.9. The molecule has 5 aliphatic rings. The van der Waals surface area contributed by atoms with Crippen molar-refractivity contribution < 1.29 is 19.2 Å². The van der Waals surface area contributed by atoms with Crippen molar-refractivity contribution in [3.05, 3.63) is 76.6 Å². The molecular formula is C40H43ClN8O4. The molecule has 53 heavy (non-hydrogen) atoms. The fraction of sp³-hybridized carbons (Fsp3) is 0.425. The lowest BCUT2D eigenvalue weighted by molar-refractivity contribution is -0.137. The number of aromatic amines is 1. The van der Waals surface area contributed by atoms with Gasteiger partial charge in [-0.1, -0.05) is 23.7 Å². The van der Waals surface area contributed by atoms with Crippen LogP contribution in [-0.4, -0.2) is 113 Å². The molecule has 2 aromatic heterocycles. The molecule has 4 fully saturated rings. The standard InChI is InChI=1S/C40H43ClN8O4/c41-37-32(22-43-38-36(37)31(21-42-38)25-5-6-25)26-3-1-4-29(19-26)48-18-15-46(24-35(48)51)12-2-11-45-13-16-47(17-14-45)28-7-8-30-27(20-28)23-49(40(30)53)33-9-10-34(50)44-39(33)52/h1,3-4,7-8,19-22,25,33H,2,5-6,9-18,23-24H2,(H,42,43)(H,44,50,52). The van der Waals surface area contributed by atoms with Crippen LogP contribution in [0.5, 0.6) is 0 Å². The number of fused-ring (bicyclic) bond motifs is 2. The van der Waals surface area contributed by atoms with E-state index in [9.17, 15) is 19.2 Å². The van der Waals surface area contributed by atoms with Crippen molar-refractivity contribution in [3.8, 4) is 11.1 Å². The van der Waals surface area contributed by atoms with Crippen LogP contribution in [0, 0.1) is 0 Å². The summed E-state index contributed by atoms with van der Waals surface area (Å²) in [7, 11) is 0. The highest BCUT2D eigenvalue weighted by atomic mass is 35.5. The molecule has 4 aliphatic heterocycles. The van der Waals surface area contributed by atoms with E-state index >= 15 is 0 Å². The summed E-state index contributed by atoms with van der Waals surface area (Å²) in [6, 6.07) is 13.5. The van der Waals surface area contributed by atoms with Crippen molar-refractivity contribution in [2.24, 2.45) is 0 Å². The van der Waals surface area contributed by atoms with Crippen molar-refractivity contribution in [1.29, 1.82) is 0 Å². The average molecular weight is 735 g/mol. The van der Waals surface area contributed by atoms with Crippen LogP contribution in [0.25, 0.3) is 22.2 Å². The summed E-state index contributed by atoms with van der Waals surface area (Å²) >= 11 is 6.99. The molecule has 0 spiro atoms. The van der Waals surface area contributed by atoms with Gasteiger partial charge in [-0.25, -0.2) is 4.98 Å². The number of hydrogen-bond donors (Lipinski definition) is 2. The molecule has 274 valence electrons. The van der Waals surface area contributed by atoms with E-state index < -0.39 is 6.04 Å². The zero-order valence-electron chi connectivity index (χ0n) is 29.7. The van der Waals surface area contributed by atoms with Gasteiger partial charge in [-0.15, -0.1) is 0 Å². The molecule has 9 rings (SSSR count). The lowest BCUT2D eigenvalue weighted by Gasteiger charge is -2.37. The van der Waals surface area contributed by atoms with Gasteiger partial charge in [0.2, 0.25) is 17.7 Å². The Kier molecular flexibility index (Phi) is 8.92. The van der Waals surface area contributed by atoms with Crippen LogP contribution in [0.3, 0.4) is 0 Å². The predicted octanol–water partition coefficient (Wildman–Crippen LogP) is 4.38. The van der Waals surface area contributed by atoms with Crippen molar-refractivity contribution in [2.75, 3.05) is 68.7 Å². The Balaban J connectivity index is 0.749. The van der Waals surface area contributed by atoms with Crippen LogP contribution in [0.2, 0.25) is 5.02 Å². The first-order valence-corrected chi connectivity index (χ1v) is 19.2. The van der Waals surface area contributed by atoms with Crippen LogP contribution < -0.4 is 15.1 Å². The first-order chi connectivity index (χ1) is 25.8. The molecule has 2 aromatic carbocycles. The molecule has 1 aliphatic carbocycles.